The van der Waals surface area contributed by atoms with Gasteiger partial charge in [0.2, 0.25) is 5.91 Å². The van der Waals surface area contributed by atoms with E-state index in [-0.39, 0.29) is 12.3 Å². The van der Waals surface area contributed by atoms with Gasteiger partial charge in [0.05, 0.1) is 13.2 Å². The van der Waals surface area contributed by atoms with Gasteiger partial charge in [-0.05, 0) is 61.8 Å². The number of hydrogen-bond donors (Lipinski definition) is 2. The van der Waals surface area contributed by atoms with Crippen molar-refractivity contribution in [1.29, 1.82) is 0 Å². The van der Waals surface area contributed by atoms with Gasteiger partial charge in [0.25, 0.3) is 0 Å². The Morgan fingerprint density at radius 3 is 1.45 bits per heavy atom. The van der Waals surface area contributed by atoms with E-state index in [2.05, 4.69) is 66.5 Å². The molecule has 0 aromatic carbocycles. The van der Waals surface area contributed by atoms with E-state index in [4.69, 9.17) is 14.8 Å². The van der Waals surface area contributed by atoms with Gasteiger partial charge < -0.3 is 20.1 Å². The molecule has 1 rings (SSSR count). The van der Waals surface area contributed by atoms with Crippen molar-refractivity contribution >= 4 is 13.5 Å². The molecule has 1 aliphatic rings. The van der Waals surface area contributed by atoms with Crippen LogP contribution in [0.5, 0.6) is 0 Å². The molecule has 1 unspecified atom stereocenters. The van der Waals surface area contributed by atoms with Gasteiger partial charge in [-0.1, -0.05) is 0 Å². The maximum Gasteiger partial charge on any atom is 0.347 e. The van der Waals surface area contributed by atoms with Crippen molar-refractivity contribution in [1.82, 2.24) is 24.9 Å². The molecule has 0 aromatic rings. The van der Waals surface area contributed by atoms with Crippen LogP contribution < -0.4 is 11.1 Å². The van der Waals surface area contributed by atoms with Crippen molar-refractivity contribution in [3.05, 3.63) is 0 Å². The Bertz CT molecular complexity index is 662. The fraction of sp³-hybridized carbons (Fsp3) is 0.963. The predicted octanol–water partition coefficient (Wildman–Crippen LogP) is 2.88. The Morgan fingerprint density at radius 1 is 0.763 bits per heavy atom. The lowest BCUT2D eigenvalue weighted by Crippen LogP contribution is -2.51. The van der Waals surface area contributed by atoms with Crippen LogP contribution in [0.2, 0.25) is 0 Å². The second kappa shape index (κ2) is 18.7. The zero-order chi connectivity index (χ0) is 28.7. The number of nitrogens with zero attached hydrogens (tertiary/aromatic N) is 4. The average Bonchev–Trinajstić information content (AvgIpc) is 2.83. The van der Waals surface area contributed by atoms with Gasteiger partial charge in [-0.25, -0.2) is 0 Å². The molecule has 1 heterocycles. The van der Waals surface area contributed by atoms with Crippen molar-refractivity contribution < 1.29 is 18.4 Å². The van der Waals surface area contributed by atoms with Crippen LogP contribution in [0, 0.1) is 0 Å². The molecule has 0 aliphatic carbocycles. The first-order valence-corrected chi connectivity index (χ1v) is 16.4. The molecule has 1 aliphatic heterocycles. The van der Waals surface area contributed by atoms with E-state index in [1.54, 1.807) is 0 Å². The summed E-state index contributed by atoms with van der Waals surface area (Å²) in [5.74, 6) is -0.583. The number of carbonyl (C=O) groups excluding carboxylic acids is 1. The molecule has 1 amide bonds. The van der Waals surface area contributed by atoms with Crippen LogP contribution in [-0.2, 0) is 18.4 Å². The molecule has 1 atom stereocenters. The number of carbonyl (C=O) groups is 1. The van der Waals surface area contributed by atoms with E-state index in [1.807, 2.05) is 13.8 Å². The van der Waals surface area contributed by atoms with Crippen molar-refractivity contribution in [2.45, 2.75) is 92.1 Å². The topological polar surface area (TPSA) is 104 Å². The smallest absolute Gasteiger partial charge is 0.347 e. The van der Waals surface area contributed by atoms with E-state index in [1.165, 1.54) is 0 Å². The minimum absolute atomic E-state index is 0.0873. The van der Waals surface area contributed by atoms with Crippen LogP contribution in [-0.4, -0.2) is 128 Å². The number of nitrogens with two attached hydrogens (primary N) is 1. The predicted molar refractivity (Wildman–Crippen MR) is 158 cm³/mol. The Kier molecular flexibility index (Phi) is 17.5. The molecule has 11 heteroatoms. The Morgan fingerprint density at radius 2 is 1.13 bits per heavy atom. The van der Waals surface area contributed by atoms with E-state index in [9.17, 15) is 9.36 Å². The number of hydrogen-bond acceptors (Lipinski definition) is 9. The third-order valence-electron chi connectivity index (χ3n) is 7.39. The summed E-state index contributed by atoms with van der Waals surface area (Å²) in [7, 11) is -3.49. The fourth-order valence-corrected chi connectivity index (χ4v) is 7.21. The van der Waals surface area contributed by atoms with E-state index in [0.29, 0.717) is 50.8 Å². The van der Waals surface area contributed by atoms with Crippen molar-refractivity contribution in [2.24, 2.45) is 5.73 Å². The summed E-state index contributed by atoms with van der Waals surface area (Å²) in [6.45, 7) is 25.7. The Balaban J connectivity index is 3.33. The first-order valence-electron chi connectivity index (χ1n) is 14.8. The van der Waals surface area contributed by atoms with Gasteiger partial charge >= 0.3 is 7.60 Å². The molecule has 1 fully saturated rings. The molecular weight excluding hydrogens is 503 g/mol. The van der Waals surface area contributed by atoms with Crippen LogP contribution in [0.1, 0.15) is 68.2 Å². The summed E-state index contributed by atoms with van der Waals surface area (Å²) in [4.78, 5) is 22.4. The Labute approximate surface area is 233 Å². The van der Waals surface area contributed by atoms with E-state index < -0.39 is 13.4 Å². The molecule has 226 valence electrons. The van der Waals surface area contributed by atoms with Gasteiger partial charge in [-0.15, -0.1) is 0 Å². The van der Waals surface area contributed by atoms with Gasteiger partial charge in [0, 0.05) is 90.0 Å². The second-order valence-electron chi connectivity index (χ2n) is 11.0. The standard InChI is InChI=1S/C27H59N6O4P/c1-9-36-38(35,37-10-2)27(12-11-26(34)29-14-13-28)33-21-19-31(24(5)6)17-15-30(23(3)4)16-18-32(20-22-33)25(7)8/h23-25,27H,9-22,28H2,1-8H3,(H,29,34). The summed E-state index contributed by atoms with van der Waals surface area (Å²) in [5, 5.41) is 2.84. The van der Waals surface area contributed by atoms with Crippen molar-refractivity contribution in [2.75, 3.05) is 78.7 Å². The highest BCUT2D eigenvalue weighted by molar-refractivity contribution is 7.54. The summed E-state index contributed by atoms with van der Waals surface area (Å²) in [6.07, 6.45) is 0.647. The van der Waals surface area contributed by atoms with E-state index >= 15 is 0 Å². The SMILES string of the molecule is CCOP(=O)(OCC)C(CCC(=O)NCCN)N1CCN(C(C)C)CCN(C(C)C)CCN(C(C)C)CC1. The molecule has 0 spiro atoms. The van der Waals surface area contributed by atoms with Crippen LogP contribution in [0.15, 0.2) is 0 Å². The normalized spacial score (nSPS) is 19.6. The minimum Gasteiger partial charge on any atom is -0.355 e. The summed E-state index contributed by atoms with van der Waals surface area (Å²) in [6, 6.07) is 1.29. The average molecular weight is 563 g/mol. The first kappa shape index (κ1) is 35.4. The van der Waals surface area contributed by atoms with Gasteiger partial charge in [0.15, 0.2) is 0 Å². The molecule has 3 N–H and O–H groups in total. The maximum atomic E-state index is 14.2. The highest BCUT2D eigenvalue weighted by Crippen LogP contribution is 2.55. The molecule has 1 saturated heterocycles. The van der Waals surface area contributed by atoms with Gasteiger partial charge in [-0.2, -0.15) is 0 Å². The van der Waals surface area contributed by atoms with Gasteiger partial charge in [-0.3, -0.25) is 29.0 Å². The summed E-state index contributed by atoms with van der Waals surface area (Å²) in [5.41, 5.74) is 5.56. The second-order valence-corrected chi connectivity index (χ2v) is 13.2. The molecule has 38 heavy (non-hydrogen) atoms. The largest absolute Gasteiger partial charge is 0.355 e. The summed E-state index contributed by atoms with van der Waals surface area (Å²) >= 11 is 0. The highest BCUT2D eigenvalue weighted by Gasteiger charge is 2.40. The molecular formula is C27H59N6O4P. The Hall–Kier alpha value is -0.580. The third-order valence-corrected chi connectivity index (χ3v) is 9.94. The number of amides is 1. The number of rotatable bonds is 14. The fourth-order valence-electron chi connectivity index (χ4n) is 4.99. The van der Waals surface area contributed by atoms with Crippen LogP contribution in [0.25, 0.3) is 0 Å². The van der Waals surface area contributed by atoms with Crippen molar-refractivity contribution in [3.8, 4) is 0 Å². The van der Waals surface area contributed by atoms with Crippen molar-refractivity contribution in [3.63, 3.8) is 0 Å². The maximum absolute atomic E-state index is 14.2. The molecule has 0 bridgehead atoms. The van der Waals surface area contributed by atoms with Gasteiger partial charge in [0.1, 0.15) is 5.78 Å². The monoisotopic (exact) mass is 562 g/mol. The van der Waals surface area contributed by atoms with Crippen LogP contribution in [0.4, 0.5) is 0 Å². The zero-order valence-corrected chi connectivity index (χ0v) is 26.5. The first-order chi connectivity index (χ1) is 18.0. The lowest BCUT2D eigenvalue weighted by atomic mass is 10.2. The van der Waals surface area contributed by atoms with Crippen LogP contribution in [0.3, 0.4) is 0 Å². The third kappa shape index (κ3) is 12.3. The van der Waals surface area contributed by atoms with E-state index in [0.717, 1.165) is 52.4 Å². The number of nitrogens with one attached hydrogen (secondary N) is 1. The quantitative estimate of drug-likeness (QED) is 0.309. The lowest BCUT2D eigenvalue weighted by Gasteiger charge is -2.41. The summed E-state index contributed by atoms with van der Waals surface area (Å²) < 4.78 is 25.9. The van der Waals surface area contributed by atoms with Crippen LogP contribution >= 0.6 is 7.60 Å². The molecule has 0 saturated carbocycles. The molecule has 10 nitrogen and oxygen atoms in total. The zero-order valence-electron chi connectivity index (χ0n) is 25.7. The molecule has 0 radical (unpaired) electrons. The lowest BCUT2D eigenvalue weighted by molar-refractivity contribution is -0.121. The minimum atomic E-state index is -3.49. The molecule has 0 aromatic heterocycles. The highest BCUT2D eigenvalue weighted by atomic mass is 31.2.